The van der Waals surface area contributed by atoms with Gasteiger partial charge in [-0.05, 0) is 0 Å². The summed E-state index contributed by atoms with van der Waals surface area (Å²) in [6.07, 6.45) is -3.23. The smallest absolute Gasteiger partial charge is 0.465 e. The van der Waals surface area contributed by atoms with Gasteiger partial charge in [0.2, 0.25) is 12.8 Å². The van der Waals surface area contributed by atoms with Crippen LogP contribution in [0.1, 0.15) is 5.89 Å². The van der Waals surface area contributed by atoms with Gasteiger partial charge in [-0.2, -0.15) is 13.2 Å². The van der Waals surface area contributed by atoms with Gasteiger partial charge in [-0.1, -0.05) is 5.10 Å². The Bertz CT molecular complexity index is 371. The van der Waals surface area contributed by atoms with Crippen molar-refractivity contribution in [2.75, 3.05) is 0 Å². The predicted molar refractivity (Wildman–Crippen MR) is 35.3 cm³/mol. The van der Waals surface area contributed by atoms with Gasteiger partial charge in [0.25, 0.3) is 0 Å². The second-order valence-electron chi connectivity index (χ2n) is 1.96. The predicted octanol–water partition coefficient (Wildman–Crippen LogP) is 0.864. The van der Waals surface area contributed by atoms with E-state index in [4.69, 9.17) is 5.11 Å². The molecule has 0 radical (unpaired) electrons. The van der Waals surface area contributed by atoms with Crippen molar-refractivity contribution in [2.45, 2.75) is 6.18 Å². The minimum atomic E-state index is -4.52. The molecular formula is C5H3F3N4O3. The highest BCUT2D eigenvalue weighted by Gasteiger charge is 2.36. The van der Waals surface area contributed by atoms with Gasteiger partial charge in [-0.25, -0.2) is 0 Å². The van der Waals surface area contributed by atoms with Crippen LogP contribution < -0.4 is 0 Å². The summed E-state index contributed by atoms with van der Waals surface area (Å²) in [7, 11) is 0. The van der Waals surface area contributed by atoms with E-state index in [1.54, 1.807) is 0 Å². The fraction of sp³-hybridized carbons (Fsp3) is 0.200. The topological polar surface area (TPSA) is 98.1 Å². The second-order valence-corrected chi connectivity index (χ2v) is 1.96. The number of aromatic hydroxyl groups is 1. The Hall–Kier alpha value is -2.13. The van der Waals surface area contributed by atoms with E-state index >= 15 is 0 Å². The minimum absolute atomic E-state index is 0.394. The first kappa shape index (κ1) is 10.9. The van der Waals surface area contributed by atoms with E-state index in [0.717, 1.165) is 6.39 Å². The van der Waals surface area contributed by atoms with Gasteiger partial charge in [0.15, 0.2) is 0 Å². The van der Waals surface area contributed by atoms with Gasteiger partial charge in [-0.3, -0.25) is 0 Å². The molecule has 0 spiro atoms. The summed E-state index contributed by atoms with van der Waals surface area (Å²) < 4.78 is 42.3. The molecule has 0 saturated carbocycles. The Kier molecular flexibility index (Phi) is 3.21. The normalized spacial score (nSPS) is 10.6. The molecule has 15 heavy (non-hydrogen) atoms. The highest BCUT2D eigenvalue weighted by atomic mass is 19.4. The standard InChI is InChI=1S/C3HF3N2O.C2H2N2O2/c4-3(5,6)2-8-7-1-9-2;5-2-4-3-1-6-2/h1H;1H,(H,4,5). The number of alkyl halides is 3. The van der Waals surface area contributed by atoms with Crippen LogP contribution in [0, 0.1) is 0 Å². The van der Waals surface area contributed by atoms with Crippen molar-refractivity contribution in [3.8, 4) is 6.08 Å². The Morgan fingerprint density at radius 1 is 1.07 bits per heavy atom. The zero-order chi connectivity index (χ0) is 11.3. The van der Waals surface area contributed by atoms with E-state index in [1.165, 1.54) is 0 Å². The second kappa shape index (κ2) is 4.39. The van der Waals surface area contributed by atoms with Crippen LogP contribution in [0.4, 0.5) is 13.2 Å². The summed E-state index contributed by atoms with van der Waals surface area (Å²) in [5.41, 5.74) is 0. The molecule has 0 aliphatic heterocycles. The molecule has 2 aromatic rings. The molecule has 2 heterocycles. The van der Waals surface area contributed by atoms with Crippen LogP contribution >= 0.6 is 0 Å². The van der Waals surface area contributed by atoms with Crippen LogP contribution in [0.2, 0.25) is 0 Å². The molecule has 0 aromatic carbocycles. The molecule has 0 saturated heterocycles. The van der Waals surface area contributed by atoms with Crippen LogP contribution in [0.15, 0.2) is 21.6 Å². The molecule has 2 aromatic heterocycles. The van der Waals surface area contributed by atoms with E-state index in [-0.39, 0.29) is 0 Å². The van der Waals surface area contributed by atoms with Crippen molar-refractivity contribution in [3.05, 3.63) is 18.7 Å². The highest BCUT2D eigenvalue weighted by Crippen LogP contribution is 2.26. The van der Waals surface area contributed by atoms with Gasteiger partial charge in [0.05, 0.1) is 0 Å². The van der Waals surface area contributed by atoms with Gasteiger partial charge in [0.1, 0.15) is 0 Å². The first-order valence-corrected chi connectivity index (χ1v) is 3.28. The molecule has 0 fully saturated rings. The number of rotatable bonds is 0. The molecule has 1 N–H and O–H groups in total. The molecule has 0 amide bonds. The maximum atomic E-state index is 11.4. The zero-order valence-corrected chi connectivity index (χ0v) is 6.84. The SMILES string of the molecule is FC(F)(F)c1nnco1.Oc1nnco1. The lowest BCUT2D eigenvalue weighted by molar-refractivity contribution is -0.157. The van der Waals surface area contributed by atoms with Crippen LogP contribution in [0.3, 0.4) is 0 Å². The minimum Gasteiger partial charge on any atom is -0.465 e. The molecule has 10 heteroatoms. The van der Waals surface area contributed by atoms with Crippen molar-refractivity contribution in [1.29, 1.82) is 0 Å². The van der Waals surface area contributed by atoms with Crippen LogP contribution in [0.25, 0.3) is 0 Å². The van der Waals surface area contributed by atoms with Crippen molar-refractivity contribution in [1.82, 2.24) is 20.4 Å². The summed E-state index contributed by atoms with van der Waals surface area (Å²) in [5, 5.41) is 19.8. The lowest BCUT2D eigenvalue weighted by atomic mass is 10.7. The fourth-order valence-electron chi connectivity index (χ4n) is 0.464. The number of aromatic nitrogens is 4. The first-order valence-electron chi connectivity index (χ1n) is 3.28. The Labute approximate surface area is 79.6 Å². The van der Waals surface area contributed by atoms with Gasteiger partial charge in [-0.15, -0.1) is 15.3 Å². The van der Waals surface area contributed by atoms with Gasteiger partial charge >= 0.3 is 18.1 Å². The van der Waals surface area contributed by atoms with E-state index in [2.05, 4.69) is 29.2 Å². The van der Waals surface area contributed by atoms with Crippen molar-refractivity contribution in [3.63, 3.8) is 0 Å². The summed E-state index contributed by atoms with van der Waals surface area (Å²) >= 11 is 0. The van der Waals surface area contributed by atoms with Gasteiger partial charge in [0, 0.05) is 0 Å². The highest BCUT2D eigenvalue weighted by molar-refractivity contribution is 4.78. The molecule has 0 aliphatic carbocycles. The molecule has 0 unspecified atom stereocenters. The third-order valence-corrected chi connectivity index (χ3v) is 0.951. The maximum absolute atomic E-state index is 11.4. The van der Waals surface area contributed by atoms with E-state index in [0.29, 0.717) is 6.39 Å². The Morgan fingerprint density at radius 3 is 1.87 bits per heavy atom. The molecule has 0 aliphatic rings. The zero-order valence-electron chi connectivity index (χ0n) is 6.84. The number of hydrogen-bond acceptors (Lipinski definition) is 7. The lowest BCUT2D eigenvalue weighted by Crippen LogP contribution is -2.04. The molecule has 82 valence electrons. The molecule has 2 rings (SSSR count). The van der Waals surface area contributed by atoms with Crippen molar-refractivity contribution in [2.24, 2.45) is 0 Å². The van der Waals surface area contributed by atoms with Crippen molar-refractivity contribution >= 4 is 0 Å². The van der Waals surface area contributed by atoms with E-state index in [1.807, 2.05) is 0 Å². The summed E-state index contributed by atoms with van der Waals surface area (Å²) in [6, 6.07) is 0. The Balaban J connectivity index is 0.000000162. The molecular weight excluding hydrogens is 221 g/mol. The molecule has 7 nitrogen and oxygen atoms in total. The number of halogens is 3. The summed E-state index contributed by atoms with van der Waals surface area (Å²) in [5.74, 6) is -1.32. The van der Waals surface area contributed by atoms with E-state index in [9.17, 15) is 13.2 Å². The quantitative estimate of drug-likeness (QED) is 0.708. The average molecular weight is 224 g/mol. The number of nitrogens with zero attached hydrogens (tertiary/aromatic N) is 4. The first-order chi connectivity index (χ1) is 7.00. The van der Waals surface area contributed by atoms with Crippen LogP contribution in [0.5, 0.6) is 6.08 Å². The largest absolute Gasteiger partial charge is 0.470 e. The van der Waals surface area contributed by atoms with Crippen LogP contribution in [-0.2, 0) is 6.18 Å². The third kappa shape index (κ3) is 3.62. The third-order valence-electron chi connectivity index (χ3n) is 0.951. The van der Waals surface area contributed by atoms with Crippen molar-refractivity contribution < 1.29 is 27.1 Å². The van der Waals surface area contributed by atoms with Crippen LogP contribution in [-0.4, -0.2) is 25.5 Å². The fourth-order valence-corrected chi connectivity index (χ4v) is 0.464. The molecule has 0 bridgehead atoms. The Morgan fingerprint density at radius 2 is 1.67 bits per heavy atom. The summed E-state index contributed by atoms with van der Waals surface area (Å²) in [6.45, 7) is 0. The average Bonchev–Trinajstić information content (AvgIpc) is 2.73. The van der Waals surface area contributed by atoms with E-state index < -0.39 is 18.1 Å². The monoisotopic (exact) mass is 224 g/mol. The lowest BCUT2D eigenvalue weighted by Gasteiger charge is -1.95. The maximum Gasteiger partial charge on any atom is 0.470 e. The summed E-state index contributed by atoms with van der Waals surface area (Å²) in [4.78, 5) is 0. The van der Waals surface area contributed by atoms with Gasteiger partial charge < -0.3 is 13.9 Å². The number of hydrogen-bond donors (Lipinski definition) is 1. The molecule has 0 atom stereocenters.